The van der Waals surface area contributed by atoms with E-state index < -0.39 is 0 Å². The van der Waals surface area contributed by atoms with Crippen LogP contribution in [0.5, 0.6) is 0 Å². The fourth-order valence-corrected chi connectivity index (χ4v) is 1.77. The Morgan fingerprint density at radius 1 is 1.38 bits per heavy atom. The van der Waals surface area contributed by atoms with Gasteiger partial charge < -0.3 is 10.6 Å². The van der Waals surface area contributed by atoms with Crippen LogP contribution >= 0.6 is 0 Å². The lowest BCUT2D eigenvalue weighted by atomic mass is 10.1. The maximum absolute atomic E-state index is 11.9. The molecule has 2 N–H and O–H groups in total. The highest BCUT2D eigenvalue weighted by molar-refractivity contribution is 5.94. The van der Waals surface area contributed by atoms with Gasteiger partial charge in [0.15, 0.2) is 0 Å². The van der Waals surface area contributed by atoms with Crippen molar-refractivity contribution in [3.63, 3.8) is 0 Å². The molecule has 0 aliphatic heterocycles. The van der Waals surface area contributed by atoms with Crippen LogP contribution in [0, 0.1) is 13.8 Å². The summed E-state index contributed by atoms with van der Waals surface area (Å²) in [5, 5.41) is 0. The SMILES string of the molecule is CCN(C(=O)CCN)c1cccc(C)c1C. The molecule has 3 heteroatoms. The van der Waals surface area contributed by atoms with Crippen molar-refractivity contribution in [2.45, 2.75) is 27.2 Å². The lowest BCUT2D eigenvalue weighted by Gasteiger charge is -2.23. The molecule has 0 aromatic heterocycles. The van der Waals surface area contributed by atoms with Gasteiger partial charge in [0.25, 0.3) is 0 Å². The average Bonchev–Trinajstić information content (AvgIpc) is 2.25. The van der Waals surface area contributed by atoms with Gasteiger partial charge in [0.05, 0.1) is 0 Å². The Balaban J connectivity index is 3.04. The third-order valence-electron chi connectivity index (χ3n) is 2.84. The van der Waals surface area contributed by atoms with Crippen LogP contribution in [0.3, 0.4) is 0 Å². The molecular weight excluding hydrogens is 200 g/mol. The minimum absolute atomic E-state index is 0.0960. The molecule has 1 aromatic rings. The van der Waals surface area contributed by atoms with Gasteiger partial charge in [0.1, 0.15) is 0 Å². The molecule has 0 fully saturated rings. The van der Waals surface area contributed by atoms with Crippen LogP contribution in [0.25, 0.3) is 0 Å². The molecule has 0 radical (unpaired) electrons. The Morgan fingerprint density at radius 2 is 2.06 bits per heavy atom. The standard InChI is InChI=1S/C13H20N2O/c1-4-15(13(16)8-9-14)12-7-5-6-10(2)11(12)3/h5-7H,4,8-9,14H2,1-3H3. The zero-order valence-electron chi connectivity index (χ0n) is 10.3. The van der Waals surface area contributed by atoms with Gasteiger partial charge in [-0.2, -0.15) is 0 Å². The number of carbonyl (C=O) groups excluding carboxylic acids is 1. The first-order valence-electron chi connectivity index (χ1n) is 5.68. The molecule has 1 amide bonds. The quantitative estimate of drug-likeness (QED) is 0.843. The van der Waals surface area contributed by atoms with E-state index in [4.69, 9.17) is 5.73 Å². The third kappa shape index (κ3) is 2.61. The van der Waals surface area contributed by atoms with Crippen LogP contribution in [-0.2, 0) is 4.79 Å². The van der Waals surface area contributed by atoms with Crippen LogP contribution < -0.4 is 10.6 Å². The summed E-state index contributed by atoms with van der Waals surface area (Å²) < 4.78 is 0. The number of anilines is 1. The second-order valence-corrected chi connectivity index (χ2v) is 3.90. The van der Waals surface area contributed by atoms with Crippen molar-refractivity contribution in [2.75, 3.05) is 18.0 Å². The van der Waals surface area contributed by atoms with E-state index >= 15 is 0 Å². The molecule has 0 aliphatic carbocycles. The Labute approximate surface area is 97.2 Å². The predicted octanol–water partition coefficient (Wildman–Crippen LogP) is 2.01. The van der Waals surface area contributed by atoms with Crippen molar-refractivity contribution in [3.05, 3.63) is 29.3 Å². The molecule has 0 spiro atoms. The van der Waals surface area contributed by atoms with Gasteiger partial charge in [-0.05, 0) is 38.0 Å². The summed E-state index contributed by atoms with van der Waals surface area (Å²) >= 11 is 0. The van der Waals surface area contributed by atoms with Crippen molar-refractivity contribution < 1.29 is 4.79 Å². The van der Waals surface area contributed by atoms with E-state index in [0.717, 1.165) is 11.3 Å². The van der Waals surface area contributed by atoms with Crippen molar-refractivity contribution in [3.8, 4) is 0 Å². The zero-order chi connectivity index (χ0) is 12.1. The summed E-state index contributed by atoms with van der Waals surface area (Å²) in [6, 6.07) is 6.02. The lowest BCUT2D eigenvalue weighted by molar-refractivity contribution is -0.118. The Bertz CT molecular complexity index is 374. The smallest absolute Gasteiger partial charge is 0.228 e. The molecule has 0 saturated heterocycles. The molecule has 0 aliphatic rings. The van der Waals surface area contributed by atoms with E-state index in [-0.39, 0.29) is 5.91 Å². The topological polar surface area (TPSA) is 46.3 Å². The molecule has 1 rings (SSSR count). The summed E-state index contributed by atoms with van der Waals surface area (Å²) in [4.78, 5) is 13.7. The molecule has 0 saturated carbocycles. The minimum Gasteiger partial charge on any atom is -0.330 e. The highest BCUT2D eigenvalue weighted by Crippen LogP contribution is 2.23. The van der Waals surface area contributed by atoms with Crippen molar-refractivity contribution in [1.82, 2.24) is 0 Å². The van der Waals surface area contributed by atoms with Crippen LogP contribution in [0.4, 0.5) is 5.69 Å². The highest BCUT2D eigenvalue weighted by atomic mass is 16.2. The largest absolute Gasteiger partial charge is 0.330 e. The summed E-state index contributed by atoms with van der Waals surface area (Å²) in [5.41, 5.74) is 8.79. The monoisotopic (exact) mass is 220 g/mol. The first-order chi connectivity index (χ1) is 7.61. The molecule has 3 nitrogen and oxygen atoms in total. The summed E-state index contributed by atoms with van der Waals surface area (Å²) in [6.45, 7) is 7.17. The van der Waals surface area contributed by atoms with E-state index in [9.17, 15) is 4.79 Å². The van der Waals surface area contributed by atoms with Crippen molar-refractivity contribution in [1.29, 1.82) is 0 Å². The minimum atomic E-state index is 0.0960. The predicted molar refractivity (Wildman–Crippen MR) is 67.6 cm³/mol. The molecule has 0 unspecified atom stereocenters. The van der Waals surface area contributed by atoms with Crippen molar-refractivity contribution in [2.24, 2.45) is 5.73 Å². The number of nitrogens with two attached hydrogens (primary N) is 1. The first-order valence-corrected chi connectivity index (χ1v) is 5.68. The number of aryl methyl sites for hydroxylation is 1. The Morgan fingerprint density at radius 3 is 2.62 bits per heavy atom. The maximum atomic E-state index is 11.9. The van der Waals surface area contributed by atoms with E-state index in [1.807, 2.05) is 26.0 Å². The van der Waals surface area contributed by atoms with E-state index in [2.05, 4.69) is 13.0 Å². The maximum Gasteiger partial charge on any atom is 0.228 e. The molecule has 16 heavy (non-hydrogen) atoms. The molecule has 0 bridgehead atoms. The van der Waals surface area contributed by atoms with Crippen LogP contribution in [0.1, 0.15) is 24.5 Å². The van der Waals surface area contributed by atoms with Crippen LogP contribution in [0.2, 0.25) is 0 Å². The molecule has 0 heterocycles. The van der Waals surface area contributed by atoms with Gasteiger partial charge >= 0.3 is 0 Å². The lowest BCUT2D eigenvalue weighted by Crippen LogP contribution is -2.32. The van der Waals surface area contributed by atoms with Gasteiger partial charge in [-0.15, -0.1) is 0 Å². The second kappa shape index (κ2) is 5.66. The second-order valence-electron chi connectivity index (χ2n) is 3.90. The van der Waals surface area contributed by atoms with E-state index in [1.165, 1.54) is 5.56 Å². The van der Waals surface area contributed by atoms with Crippen LogP contribution in [-0.4, -0.2) is 19.0 Å². The summed E-state index contributed by atoms with van der Waals surface area (Å²) in [6.07, 6.45) is 0.404. The average molecular weight is 220 g/mol. The Hall–Kier alpha value is -1.35. The van der Waals surface area contributed by atoms with Gasteiger partial charge in [0, 0.05) is 25.2 Å². The molecule has 0 atom stereocenters. The fourth-order valence-electron chi connectivity index (χ4n) is 1.77. The number of rotatable bonds is 4. The number of nitrogens with zero attached hydrogens (tertiary/aromatic N) is 1. The van der Waals surface area contributed by atoms with E-state index in [1.54, 1.807) is 4.90 Å². The van der Waals surface area contributed by atoms with Gasteiger partial charge in [-0.3, -0.25) is 4.79 Å². The molecule has 1 aromatic carbocycles. The summed E-state index contributed by atoms with van der Waals surface area (Å²) in [5.74, 6) is 0.0960. The number of hydrogen-bond donors (Lipinski definition) is 1. The first kappa shape index (κ1) is 12.7. The number of hydrogen-bond acceptors (Lipinski definition) is 2. The molecular formula is C13H20N2O. The van der Waals surface area contributed by atoms with Gasteiger partial charge in [-0.25, -0.2) is 0 Å². The Kier molecular flexibility index (Phi) is 4.50. The van der Waals surface area contributed by atoms with Crippen LogP contribution in [0.15, 0.2) is 18.2 Å². The highest BCUT2D eigenvalue weighted by Gasteiger charge is 2.15. The normalized spacial score (nSPS) is 10.2. The summed E-state index contributed by atoms with van der Waals surface area (Å²) in [7, 11) is 0. The van der Waals surface area contributed by atoms with Gasteiger partial charge in [0.2, 0.25) is 5.91 Å². The van der Waals surface area contributed by atoms with E-state index in [0.29, 0.717) is 19.5 Å². The number of benzene rings is 1. The number of carbonyl (C=O) groups is 1. The number of amides is 1. The van der Waals surface area contributed by atoms with Gasteiger partial charge in [-0.1, -0.05) is 12.1 Å². The van der Waals surface area contributed by atoms with Crippen molar-refractivity contribution >= 4 is 11.6 Å². The zero-order valence-corrected chi connectivity index (χ0v) is 10.3. The fraction of sp³-hybridized carbons (Fsp3) is 0.462. The third-order valence-corrected chi connectivity index (χ3v) is 2.84. The molecule has 88 valence electrons.